The van der Waals surface area contributed by atoms with Crippen molar-refractivity contribution in [3.05, 3.63) is 350 Å². The number of para-hydroxylation sites is 4. The maximum Gasteiger partial charge on any atom is 0.143 e. The second-order valence-corrected chi connectivity index (χ2v) is 24.2. The zero-order valence-corrected chi connectivity index (χ0v) is 49.4. The van der Waals surface area contributed by atoms with Crippen LogP contribution >= 0.6 is 0 Å². The van der Waals surface area contributed by atoms with Gasteiger partial charge in [0.15, 0.2) is 0 Å². The molecule has 0 saturated carbocycles. The Morgan fingerprint density at radius 2 is 0.648 bits per heavy atom. The number of hydrogen-bond donors (Lipinski definition) is 0. The molecule has 0 saturated heterocycles. The number of anilines is 6. The Morgan fingerprint density at radius 3 is 1.25 bits per heavy atom. The normalized spacial score (nSPS) is 12.7. The Bertz CT molecular complexity index is 5740. The van der Waals surface area contributed by atoms with Gasteiger partial charge in [0.1, 0.15) is 22.3 Å². The molecule has 0 atom stereocenters. The second-order valence-electron chi connectivity index (χ2n) is 24.2. The second kappa shape index (κ2) is 20.0. The minimum Gasteiger partial charge on any atom is -0.455 e. The molecule has 91 heavy (non-hydrogen) atoms. The summed E-state index contributed by atoms with van der Waals surface area (Å²) in [6.45, 7) is 0. The first-order chi connectivity index (χ1) is 45.1. The summed E-state index contributed by atoms with van der Waals surface area (Å²) in [4.78, 5) is 4.91. The molecule has 4 nitrogen and oxygen atoms in total. The van der Waals surface area contributed by atoms with Gasteiger partial charge >= 0.3 is 0 Å². The molecule has 0 fully saturated rings. The first kappa shape index (κ1) is 51.1. The van der Waals surface area contributed by atoms with Gasteiger partial charge < -0.3 is 18.6 Å². The minimum absolute atomic E-state index is 0.523. The molecule has 19 rings (SSSR count). The Labute approximate surface area is 526 Å². The van der Waals surface area contributed by atoms with Crippen LogP contribution in [-0.2, 0) is 5.41 Å². The largest absolute Gasteiger partial charge is 0.455 e. The topological polar surface area (TPSA) is 32.8 Å². The zero-order valence-electron chi connectivity index (χ0n) is 49.4. The summed E-state index contributed by atoms with van der Waals surface area (Å²) in [7, 11) is 0. The molecule has 0 radical (unpaired) electrons. The number of rotatable bonds is 9. The third kappa shape index (κ3) is 7.76. The van der Waals surface area contributed by atoms with Crippen LogP contribution in [0.15, 0.2) is 336 Å². The van der Waals surface area contributed by atoms with Gasteiger partial charge in [-0.1, -0.05) is 249 Å². The quantitative estimate of drug-likeness (QED) is 0.144. The molecule has 0 amide bonds. The first-order valence-electron chi connectivity index (χ1n) is 31.3. The van der Waals surface area contributed by atoms with Crippen LogP contribution < -0.4 is 9.80 Å². The smallest absolute Gasteiger partial charge is 0.143 e. The molecule has 2 aliphatic rings. The van der Waals surface area contributed by atoms with Crippen LogP contribution in [0.4, 0.5) is 34.1 Å². The van der Waals surface area contributed by atoms with Crippen LogP contribution in [0.2, 0.25) is 0 Å². The lowest BCUT2D eigenvalue weighted by atomic mass is 9.70. The van der Waals surface area contributed by atoms with E-state index >= 15 is 0 Å². The third-order valence-electron chi connectivity index (χ3n) is 19.4. The van der Waals surface area contributed by atoms with Crippen molar-refractivity contribution in [1.29, 1.82) is 0 Å². The van der Waals surface area contributed by atoms with Crippen LogP contribution in [0.3, 0.4) is 0 Å². The first-order valence-corrected chi connectivity index (χ1v) is 31.3. The highest BCUT2D eigenvalue weighted by Crippen LogP contribution is 2.63. The van der Waals surface area contributed by atoms with Crippen LogP contribution in [0, 0.1) is 0 Å². The molecule has 1 spiro atoms. The Balaban J connectivity index is 0.856. The van der Waals surface area contributed by atoms with Gasteiger partial charge in [0.05, 0.1) is 11.1 Å². The minimum atomic E-state index is -0.523. The summed E-state index contributed by atoms with van der Waals surface area (Å²) in [6.07, 6.45) is 0. The van der Waals surface area contributed by atoms with Gasteiger partial charge in [-0.2, -0.15) is 0 Å². The van der Waals surface area contributed by atoms with E-state index in [1.807, 2.05) is 12.1 Å². The van der Waals surface area contributed by atoms with E-state index < -0.39 is 5.41 Å². The van der Waals surface area contributed by atoms with Crippen molar-refractivity contribution in [2.75, 3.05) is 9.80 Å². The molecule has 17 aromatic rings. The van der Waals surface area contributed by atoms with Crippen LogP contribution in [-0.4, -0.2) is 0 Å². The number of fused-ring (bicyclic) bond motifs is 18. The summed E-state index contributed by atoms with van der Waals surface area (Å²) < 4.78 is 13.3. The monoisotopic (exact) mass is 1160 g/mol. The Hall–Kier alpha value is -12.0. The van der Waals surface area contributed by atoms with Crippen molar-refractivity contribution >= 4 is 99.5 Å². The van der Waals surface area contributed by atoms with Gasteiger partial charge in [0.2, 0.25) is 0 Å². The number of hydrogen-bond acceptors (Lipinski definition) is 4. The lowest BCUT2D eigenvalue weighted by Gasteiger charge is -2.32. The SMILES string of the molecule is c1ccc2c(c1)-c1ccccc1C21c2ccccc2-c2ccc(-c3cc(N(c4ccc(-c5cccc6c5oc5ccccc56)cc4)c4ccc5ccccc5c4)cc(N(c4ccc(-c5cccc6c5oc5ccccc56)cc4)c4cccc5ccccc45)c3)cc21. The van der Waals surface area contributed by atoms with E-state index in [9.17, 15) is 0 Å². The fourth-order valence-electron chi connectivity index (χ4n) is 15.4. The Morgan fingerprint density at radius 1 is 0.220 bits per heavy atom. The molecule has 0 unspecified atom stereocenters. The predicted octanol–water partition coefficient (Wildman–Crippen LogP) is 24.1. The van der Waals surface area contributed by atoms with Gasteiger partial charge in [-0.15, -0.1) is 0 Å². The standard InChI is InChI=1S/C87H54N2O2/c1-2-20-59-50-64(48-38-55(59)18-1)88(62-44-39-57(40-45-62)68-28-16-30-76-74-26-8-13-36-83(74)90-85(68)76)65-51-61(60-43-49-73-72-25-7-12-34-80(72)87(81(73)53-60)78-32-10-5-23-70(78)71-24-6-11-33-79(71)87)52-66(54-65)89(82-35-15-21-56-19-3-4-22-67(56)82)63-46-41-58(42-47-63)69-29-17-31-77-75-27-9-14-37-84(75)91-86(69)77/h1-54H. The van der Waals surface area contributed by atoms with E-state index in [-0.39, 0.29) is 0 Å². The van der Waals surface area contributed by atoms with Crippen molar-refractivity contribution < 1.29 is 8.83 Å². The molecule has 2 aromatic heterocycles. The highest BCUT2D eigenvalue weighted by Gasteiger charge is 2.51. The molecular weight excluding hydrogens is 1100 g/mol. The van der Waals surface area contributed by atoms with E-state index in [2.05, 4.69) is 325 Å². The van der Waals surface area contributed by atoms with Crippen LogP contribution in [0.25, 0.3) is 121 Å². The van der Waals surface area contributed by atoms with E-state index in [1.165, 1.54) is 49.9 Å². The van der Waals surface area contributed by atoms with Crippen molar-refractivity contribution in [2.24, 2.45) is 0 Å². The summed E-state index contributed by atoms with van der Waals surface area (Å²) in [5, 5.41) is 9.09. The molecular formula is C87H54N2O2. The van der Waals surface area contributed by atoms with E-state index in [4.69, 9.17) is 8.83 Å². The zero-order chi connectivity index (χ0) is 59.7. The van der Waals surface area contributed by atoms with Crippen molar-refractivity contribution in [1.82, 2.24) is 0 Å². The lowest BCUT2D eigenvalue weighted by Crippen LogP contribution is -2.25. The predicted molar refractivity (Wildman–Crippen MR) is 378 cm³/mol. The highest BCUT2D eigenvalue weighted by molar-refractivity contribution is 6.11. The van der Waals surface area contributed by atoms with Crippen LogP contribution in [0.5, 0.6) is 0 Å². The Kier molecular flexibility index (Phi) is 11.2. The average molecular weight is 1160 g/mol. The summed E-state index contributed by atoms with van der Waals surface area (Å²) >= 11 is 0. The number of furan rings is 2. The number of benzene rings is 15. The maximum absolute atomic E-state index is 6.64. The van der Waals surface area contributed by atoms with E-state index in [1.54, 1.807) is 0 Å². The molecule has 0 N–H and O–H groups in total. The van der Waals surface area contributed by atoms with Gasteiger partial charge in [-0.25, -0.2) is 0 Å². The van der Waals surface area contributed by atoms with Gasteiger partial charge in [-0.05, 0) is 162 Å². The summed E-state index contributed by atoms with van der Waals surface area (Å²) in [5.41, 5.74) is 26.0. The van der Waals surface area contributed by atoms with Crippen LogP contribution in [0.1, 0.15) is 22.3 Å². The van der Waals surface area contributed by atoms with Gasteiger partial charge in [0, 0.05) is 66.5 Å². The molecule has 15 aromatic carbocycles. The van der Waals surface area contributed by atoms with Gasteiger partial charge in [0.25, 0.3) is 0 Å². The van der Waals surface area contributed by atoms with Crippen molar-refractivity contribution in [3.63, 3.8) is 0 Å². The maximum atomic E-state index is 6.64. The molecule has 4 heteroatoms. The fourth-order valence-corrected chi connectivity index (χ4v) is 15.4. The molecule has 2 heterocycles. The van der Waals surface area contributed by atoms with E-state index in [0.29, 0.717) is 0 Å². The molecule has 2 aliphatic carbocycles. The molecule has 0 aliphatic heterocycles. The van der Waals surface area contributed by atoms with E-state index in [0.717, 1.165) is 128 Å². The fraction of sp³-hybridized carbons (Fsp3) is 0.0115. The summed E-state index contributed by atoms with van der Waals surface area (Å²) in [6, 6.07) is 120. The van der Waals surface area contributed by atoms with Crippen molar-refractivity contribution in [2.45, 2.75) is 5.41 Å². The molecule has 424 valence electrons. The highest BCUT2D eigenvalue weighted by atomic mass is 16.3. The lowest BCUT2D eigenvalue weighted by molar-refractivity contribution is 0.669. The van der Waals surface area contributed by atoms with Gasteiger partial charge in [-0.3, -0.25) is 0 Å². The summed E-state index contributed by atoms with van der Waals surface area (Å²) in [5.74, 6) is 0. The number of nitrogens with zero attached hydrogens (tertiary/aromatic N) is 2. The third-order valence-corrected chi connectivity index (χ3v) is 19.4. The molecule has 0 bridgehead atoms. The van der Waals surface area contributed by atoms with Crippen molar-refractivity contribution in [3.8, 4) is 55.6 Å². The average Bonchev–Trinajstić information content (AvgIpc) is 1.51.